The van der Waals surface area contributed by atoms with Crippen LogP contribution in [0.1, 0.15) is 49.1 Å². The number of para-hydroxylation sites is 1. The minimum Gasteiger partial charge on any atom is -0.352 e. The van der Waals surface area contributed by atoms with Gasteiger partial charge in [0, 0.05) is 18.7 Å². The van der Waals surface area contributed by atoms with Gasteiger partial charge in [-0.1, -0.05) is 31.0 Å². The van der Waals surface area contributed by atoms with Crippen molar-refractivity contribution >= 4 is 5.91 Å². The molecule has 0 fully saturated rings. The molecule has 0 radical (unpaired) electrons. The summed E-state index contributed by atoms with van der Waals surface area (Å²) >= 11 is 0. The standard InChI is InChI=1S/C19H28N4O/c1-15-13-16(2)23(22-15)18-10-7-6-9-17(18)14-21-19(24)11-5-3-4-8-12-20/h6-7,9-10,13H,3-5,8,11-12,14,20H2,1-2H3,(H,21,24). The molecule has 0 aliphatic heterocycles. The number of amides is 1. The Morgan fingerprint density at radius 2 is 1.92 bits per heavy atom. The summed E-state index contributed by atoms with van der Waals surface area (Å²) in [7, 11) is 0. The maximum absolute atomic E-state index is 12.0. The molecule has 5 heteroatoms. The van der Waals surface area contributed by atoms with Crippen molar-refractivity contribution in [2.24, 2.45) is 5.73 Å². The molecule has 0 atom stereocenters. The summed E-state index contributed by atoms with van der Waals surface area (Å²) in [4.78, 5) is 12.0. The Morgan fingerprint density at radius 3 is 2.62 bits per heavy atom. The van der Waals surface area contributed by atoms with Crippen LogP contribution in [0.5, 0.6) is 0 Å². The molecule has 0 aliphatic rings. The van der Waals surface area contributed by atoms with Crippen molar-refractivity contribution in [2.45, 2.75) is 52.5 Å². The zero-order valence-electron chi connectivity index (χ0n) is 14.7. The molecule has 130 valence electrons. The number of unbranched alkanes of at least 4 members (excludes halogenated alkanes) is 3. The predicted octanol–water partition coefficient (Wildman–Crippen LogP) is 3.01. The second-order valence-electron chi connectivity index (χ2n) is 6.20. The SMILES string of the molecule is Cc1cc(C)n(-c2ccccc2CNC(=O)CCCCCCN)n1. The number of carbonyl (C=O) groups is 1. The first-order valence-corrected chi connectivity index (χ1v) is 8.70. The molecule has 2 aromatic rings. The second kappa shape index (κ2) is 9.23. The largest absolute Gasteiger partial charge is 0.352 e. The summed E-state index contributed by atoms with van der Waals surface area (Å²) in [6.07, 6.45) is 4.70. The number of hydrogen-bond donors (Lipinski definition) is 2. The van der Waals surface area contributed by atoms with Crippen LogP contribution >= 0.6 is 0 Å². The van der Waals surface area contributed by atoms with Crippen molar-refractivity contribution < 1.29 is 4.79 Å². The molecular weight excluding hydrogens is 300 g/mol. The van der Waals surface area contributed by atoms with Crippen LogP contribution in [-0.2, 0) is 11.3 Å². The number of nitrogens with zero attached hydrogens (tertiary/aromatic N) is 2. The fourth-order valence-electron chi connectivity index (χ4n) is 2.81. The molecule has 3 N–H and O–H groups in total. The number of aromatic nitrogens is 2. The molecule has 1 amide bonds. The van der Waals surface area contributed by atoms with E-state index in [0.29, 0.717) is 13.0 Å². The molecule has 0 unspecified atom stereocenters. The zero-order valence-corrected chi connectivity index (χ0v) is 14.7. The lowest BCUT2D eigenvalue weighted by molar-refractivity contribution is -0.121. The highest BCUT2D eigenvalue weighted by Crippen LogP contribution is 2.17. The Morgan fingerprint density at radius 1 is 1.17 bits per heavy atom. The van der Waals surface area contributed by atoms with Crippen molar-refractivity contribution in [3.63, 3.8) is 0 Å². The number of rotatable bonds is 9. The van der Waals surface area contributed by atoms with Gasteiger partial charge in [-0.15, -0.1) is 0 Å². The summed E-state index contributed by atoms with van der Waals surface area (Å²) in [6.45, 7) is 5.28. The Kier molecular flexibility index (Phi) is 7.00. The van der Waals surface area contributed by atoms with E-state index in [-0.39, 0.29) is 5.91 Å². The molecule has 0 spiro atoms. The number of aryl methyl sites for hydroxylation is 2. The predicted molar refractivity (Wildman–Crippen MR) is 97.0 cm³/mol. The highest BCUT2D eigenvalue weighted by molar-refractivity contribution is 5.75. The fourth-order valence-corrected chi connectivity index (χ4v) is 2.81. The first kappa shape index (κ1) is 18.2. The lowest BCUT2D eigenvalue weighted by Gasteiger charge is -2.12. The van der Waals surface area contributed by atoms with Crippen molar-refractivity contribution in [2.75, 3.05) is 6.54 Å². The molecule has 24 heavy (non-hydrogen) atoms. The zero-order chi connectivity index (χ0) is 17.4. The van der Waals surface area contributed by atoms with E-state index in [1.807, 2.05) is 42.8 Å². The van der Waals surface area contributed by atoms with E-state index in [1.54, 1.807) is 0 Å². The van der Waals surface area contributed by atoms with Gasteiger partial charge in [-0.2, -0.15) is 5.10 Å². The fraction of sp³-hybridized carbons (Fsp3) is 0.474. The summed E-state index contributed by atoms with van der Waals surface area (Å²) in [5.74, 6) is 0.103. The van der Waals surface area contributed by atoms with E-state index in [9.17, 15) is 4.79 Å². The van der Waals surface area contributed by atoms with Crippen molar-refractivity contribution in [3.8, 4) is 5.69 Å². The normalized spacial score (nSPS) is 10.8. The lowest BCUT2D eigenvalue weighted by atomic mass is 10.1. The molecule has 1 aromatic carbocycles. The molecule has 0 bridgehead atoms. The molecule has 5 nitrogen and oxygen atoms in total. The van der Waals surface area contributed by atoms with Gasteiger partial charge >= 0.3 is 0 Å². The van der Waals surface area contributed by atoms with Gasteiger partial charge < -0.3 is 11.1 Å². The third kappa shape index (κ3) is 5.20. The Bertz CT molecular complexity index is 663. The average Bonchev–Trinajstić information content (AvgIpc) is 2.91. The Hall–Kier alpha value is -2.14. The van der Waals surface area contributed by atoms with Gasteiger partial charge in [0.25, 0.3) is 0 Å². The molecular formula is C19H28N4O. The van der Waals surface area contributed by atoms with Gasteiger partial charge in [-0.3, -0.25) is 4.79 Å². The van der Waals surface area contributed by atoms with E-state index in [1.165, 1.54) is 0 Å². The highest BCUT2D eigenvalue weighted by atomic mass is 16.1. The third-order valence-electron chi connectivity index (χ3n) is 4.06. The van der Waals surface area contributed by atoms with Gasteiger partial charge in [-0.05, 0) is 50.9 Å². The van der Waals surface area contributed by atoms with Gasteiger partial charge in [0.15, 0.2) is 0 Å². The molecule has 0 aliphatic carbocycles. The van der Waals surface area contributed by atoms with E-state index in [0.717, 1.165) is 54.9 Å². The first-order valence-electron chi connectivity index (χ1n) is 8.70. The van der Waals surface area contributed by atoms with E-state index in [2.05, 4.69) is 16.5 Å². The molecule has 1 heterocycles. The van der Waals surface area contributed by atoms with Crippen LogP contribution in [0.15, 0.2) is 30.3 Å². The topological polar surface area (TPSA) is 72.9 Å². The number of nitrogens with one attached hydrogen (secondary N) is 1. The van der Waals surface area contributed by atoms with Gasteiger partial charge in [0.05, 0.1) is 11.4 Å². The van der Waals surface area contributed by atoms with E-state index < -0.39 is 0 Å². The van der Waals surface area contributed by atoms with Gasteiger partial charge in [-0.25, -0.2) is 4.68 Å². The minimum absolute atomic E-state index is 0.103. The van der Waals surface area contributed by atoms with Crippen LogP contribution in [0.4, 0.5) is 0 Å². The van der Waals surface area contributed by atoms with Crippen LogP contribution in [0.25, 0.3) is 5.69 Å². The number of carbonyl (C=O) groups excluding carboxylic acids is 1. The van der Waals surface area contributed by atoms with Crippen LogP contribution in [0.2, 0.25) is 0 Å². The van der Waals surface area contributed by atoms with Crippen LogP contribution in [0, 0.1) is 13.8 Å². The molecule has 2 rings (SSSR count). The third-order valence-corrected chi connectivity index (χ3v) is 4.06. The molecule has 0 saturated heterocycles. The maximum Gasteiger partial charge on any atom is 0.220 e. The Labute approximate surface area is 144 Å². The van der Waals surface area contributed by atoms with Gasteiger partial charge in [0.1, 0.15) is 0 Å². The number of hydrogen-bond acceptors (Lipinski definition) is 3. The molecule has 0 saturated carbocycles. The van der Waals surface area contributed by atoms with Crippen molar-refractivity contribution in [1.82, 2.24) is 15.1 Å². The summed E-state index contributed by atoms with van der Waals surface area (Å²) in [5, 5.41) is 7.56. The lowest BCUT2D eigenvalue weighted by Crippen LogP contribution is -2.23. The van der Waals surface area contributed by atoms with E-state index >= 15 is 0 Å². The maximum atomic E-state index is 12.0. The minimum atomic E-state index is 0.103. The monoisotopic (exact) mass is 328 g/mol. The van der Waals surface area contributed by atoms with Crippen molar-refractivity contribution in [3.05, 3.63) is 47.3 Å². The smallest absolute Gasteiger partial charge is 0.220 e. The summed E-state index contributed by atoms with van der Waals surface area (Å²) in [5.41, 5.74) is 9.64. The molecule has 1 aromatic heterocycles. The van der Waals surface area contributed by atoms with Crippen LogP contribution < -0.4 is 11.1 Å². The van der Waals surface area contributed by atoms with E-state index in [4.69, 9.17) is 5.73 Å². The number of benzene rings is 1. The second-order valence-corrected chi connectivity index (χ2v) is 6.20. The van der Waals surface area contributed by atoms with Gasteiger partial charge in [0.2, 0.25) is 5.91 Å². The highest BCUT2D eigenvalue weighted by Gasteiger charge is 2.09. The summed E-state index contributed by atoms with van der Waals surface area (Å²) < 4.78 is 1.93. The van der Waals surface area contributed by atoms with Crippen LogP contribution in [-0.4, -0.2) is 22.2 Å². The van der Waals surface area contributed by atoms with Crippen molar-refractivity contribution in [1.29, 1.82) is 0 Å². The quantitative estimate of drug-likeness (QED) is 0.695. The Balaban J connectivity index is 1.91. The average molecular weight is 328 g/mol. The number of nitrogens with two attached hydrogens (primary N) is 1. The van der Waals surface area contributed by atoms with Crippen LogP contribution in [0.3, 0.4) is 0 Å². The summed E-state index contributed by atoms with van der Waals surface area (Å²) in [6, 6.07) is 10.1. The first-order chi connectivity index (χ1) is 11.6.